The van der Waals surface area contributed by atoms with E-state index in [4.69, 9.17) is 25.2 Å². The van der Waals surface area contributed by atoms with Gasteiger partial charge >= 0.3 is 0 Å². The number of aromatic hydroxyl groups is 4. The first-order valence-electron chi connectivity index (χ1n) is 4.83. The van der Waals surface area contributed by atoms with E-state index in [1.807, 2.05) is 12.9 Å². The van der Waals surface area contributed by atoms with Gasteiger partial charge in [-0.25, -0.2) is 0 Å². The van der Waals surface area contributed by atoms with Crippen LogP contribution in [0.2, 0.25) is 0 Å². The zero-order chi connectivity index (χ0) is 14.0. The summed E-state index contributed by atoms with van der Waals surface area (Å²) in [4.78, 5) is 8.00. The normalized spacial score (nSPS) is 8.22. The highest BCUT2D eigenvalue weighted by Gasteiger charge is 1.94. The van der Waals surface area contributed by atoms with Crippen molar-refractivity contribution < 1.29 is 25.2 Å². The SMILES string of the molecule is C=O.Oc1cc(O)cc(O)c1.Oc1ccccc1. The van der Waals surface area contributed by atoms with Crippen molar-refractivity contribution in [2.24, 2.45) is 0 Å². The van der Waals surface area contributed by atoms with E-state index in [-0.39, 0.29) is 17.2 Å². The van der Waals surface area contributed by atoms with Gasteiger partial charge in [0.05, 0.1) is 0 Å². The van der Waals surface area contributed by atoms with E-state index in [1.54, 1.807) is 24.3 Å². The minimum Gasteiger partial charge on any atom is -0.508 e. The summed E-state index contributed by atoms with van der Waals surface area (Å²) in [5.41, 5.74) is 0. The zero-order valence-corrected chi connectivity index (χ0v) is 9.52. The summed E-state index contributed by atoms with van der Waals surface area (Å²) in [5, 5.41) is 34.7. The first kappa shape index (κ1) is 15.3. The molecule has 0 bridgehead atoms. The molecule has 0 aliphatic heterocycles. The molecule has 0 aliphatic carbocycles. The smallest absolute Gasteiger partial charge is 0.122 e. The summed E-state index contributed by atoms with van der Waals surface area (Å²) in [6, 6.07) is 12.1. The highest BCUT2D eigenvalue weighted by Crippen LogP contribution is 2.23. The van der Waals surface area contributed by atoms with E-state index in [0.717, 1.165) is 18.2 Å². The van der Waals surface area contributed by atoms with Crippen molar-refractivity contribution in [2.45, 2.75) is 0 Å². The first-order valence-corrected chi connectivity index (χ1v) is 4.83. The van der Waals surface area contributed by atoms with E-state index < -0.39 is 0 Å². The highest BCUT2D eigenvalue weighted by molar-refractivity contribution is 5.39. The molecule has 0 saturated carbocycles. The second-order valence-electron chi connectivity index (χ2n) is 3.04. The number of para-hydroxylation sites is 1. The predicted molar refractivity (Wildman–Crippen MR) is 66.7 cm³/mol. The average Bonchev–Trinajstić information content (AvgIpc) is 2.31. The molecule has 0 heterocycles. The fraction of sp³-hybridized carbons (Fsp3) is 0. The molecule has 0 radical (unpaired) electrons. The summed E-state index contributed by atoms with van der Waals surface area (Å²) in [6.07, 6.45) is 0. The number of carbonyl (C=O) groups is 1. The maximum absolute atomic E-state index is 8.67. The van der Waals surface area contributed by atoms with Crippen LogP contribution in [0.25, 0.3) is 0 Å². The molecule has 4 N–H and O–H groups in total. The van der Waals surface area contributed by atoms with Crippen LogP contribution < -0.4 is 0 Å². The monoisotopic (exact) mass is 250 g/mol. The Morgan fingerprint density at radius 3 is 1.17 bits per heavy atom. The zero-order valence-electron chi connectivity index (χ0n) is 9.52. The van der Waals surface area contributed by atoms with Crippen molar-refractivity contribution >= 4 is 6.79 Å². The molecule has 2 rings (SSSR count). The molecular formula is C13H14O5. The van der Waals surface area contributed by atoms with Gasteiger partial charge in [0.15, 0.2) is 0 Å². The summed E-state index contributed by atoms with van der Waals surface area (Å²) < 4.78 is 0. The van der Waals surface area contributed by atoms with E-state index >= 15 is 0 Å². The third kappa shape index (κ3) is 6.73. The maximum Gasteiger partial charge on any atom is 0.122 e. The van der Waals surface area contributed by atoms with Gasteiger partial charge in [0.1, 0.15) is 29.8 Å². The molecule has 0 atom stereocenters. The van der Waals surface area contributed by atoms with Crippen molar-refractivity contribution in [1.82, 2.24) is 0 Å². The van der Waals surface area contributed by atoms with Gasteiger partial charge in [-0.3, -0.25) is 0 Å². The molecule has 0 saturated heterocycles. The largest absolute Gasteiger partial charge is 0.508 e. The molecule has 0 aromatic heterocycles. The number of rotatable bonds is 0. The molecule has 0 amide bonds. The van der Waals surface area contributed by atoms with Crippen LogP contribution in [-0.4, -0.2) is 27.2 Å². The Hall–Kier alpha value is -2.69. The van der Waals surface area contributed by atoms with Crippen LogP contribution in [0.1, 0.15) is 0 Å². The Morgan fingerprint density at radius 2 is 0.944 bits per heavy atom. The Labute approximate surface area is 104 Å². The summed E-state index contributed by atoms with van der Waals surface area (Å²) >= 11 is 0. The summed E-state index contributed by atoms with van der Waals surface area (Å²) in [6.45, 7) is 2.00. The Morgan fingerprint density at radius 1 is 0.611 bits per heavy atom. The van der Waals surface area contributed by atoms with Gasteiger partial charge < -0.3 is 25.2 Å². The van der Waals surface area contributed by atoms with Crippen LogP contribution in [-0.2, 0) is 4.79 Å². The van der Waals surface area contributed by atoms with Gasteiger partial charge in [0.2, 0.25) is 0 Å². The van der Waals surface area contributed by atoms with Crippen LogP contribution in [0.15, 0.2) is 48.5 Å². The van der Waals surface area contributed by atoms with Crippen molar-refractivity contribution in [2.75, 3.05) is 0 Å². The molecule has 0 unspecified atom stereocenters. The lowest BCUT2D eigenvalue weighted by Crippen LogP contribution is -1.66. The van der Waals surface area contributed by atoms with Crippen LogP contribution in [0.3, 0.4) is 0 Å². The number of hydrogen-bond donors (Lipinski definition) is 4. The highest BCUT2D eigenvalue weighted by atomic mass is 16.3. The van der Waals surface area contributed by atoms with Crippen LogP contribution in [0, 0.1) is 0 Å². The molecule has 18 heavy (non-hydrogen) atoms. The molecule has 5 heteroatoms. The maximum atomic E-state index is 8.67. The molecule has 96 valence electrons. The van der Waals surface area contributed by atoms with Crippen LogP contribution >= 0.6 is 0 Å². The Balaban J connectivity index is 0.000000289. The van der Waals surface area contributed by atoms with E-state index in [2.05, 4.69) is 0 Å². The molecule has 0 fully saturated rings. The number of phenolic OH excluding ortho intramolecular Hbond substituents is 4. The van der Waals surface area contributed by atoms with Crippen LogP contribution in [0.5, 0.6) is 23.0 Å². The number of benzene rings is 2. The van der Waals surface area contributed by atoms with E-state index in [1.165, 1.54) is 0 Å². The fourth-order valence-corrected chi connectivity index (χ4v) is 1.01. The van der Waals surface area contributed by atoms with Gasteiger partial charge in [-0.2, -0.15) is 0 Å². The lowest BCUT2D eigenvalue weighted by Gasteiger charge is -1.94. The lowest BCUT2D eigenvalue weighted by atomic mass is 10.3. The fourth-order valence-electron chi connectivity index (χ4n) is 1.01. The predicted octanol–water partition coefficient (Wildman–Crippen LogP) is 2.01. The molecule has 0 aliphatic rings. The topological polar surface area (TPSA) is 98.0 Å². The van der Waals surface area contributed by atoms with Crippen molar-refractivity contribution in [3.63, 3.8) is 0 Å². The Bertz CT molecular complexity index is 406. The van der Waals surface area contributed by atoms with Crippen LogP contribution in [0.4, 0.5) is 0 Å². The minimum absolute atomic E-state index is 0.146. The molecule has 5 nitrogen and oxygen atoms in total. The first-order chi connectivity index (χ1) is 8.58. The van der Waals surface area contributed by atoms with Crippen molar-refractivity contribution in [3.8, 4) is 23.0 Å². The van der Waals surface area contributed by atoms with Gasteiger partial charge in [-0.1, -0.05) is 18.2 Å². The van der Waals surface area contributed by atoms with Gasteiger partial charge in [0, 0.05) is 18.2 Å². The minimum atomic E-state index is -0.146. The quantitative estimate of drug-likeness (QED) is 0.573. The molecule has 0 spiro atoms. The number of phenols is 4. The second-order valence-corrected chi connectivity index (χ2v) is 3.04. The van der Waals surface area contributed by atoms with Crippen molar-refractivity contribution in [1.29, 1.82) is 0 Å². The summed E-state index contributed by atoms with van der Waals surface area (Å²) in [5.74, 6) is -0.116. The second kappa shape index (κ2) is 8.46. The standard InChI is InChI=1S/C6H6O3.C6H6O.CH2O/c7-4-1-5(8)3-6(9)2-4;7-6-4-2-1-3-5-6;1-2/h1-3,7-9H;1-5,7H;1H2. The Kier molecular flexibility index (Phi) is 7.20. The van der Waals surface area contributed by atoms with E-state index in [9.17, 15) is 0 Å². The van der Waals surface area contributed by atoms with Gasteiger partial charge in [0.25, 0.3) is 0 Å². The number of hydrogen-bond acceptors (Lipinski definition) is 5. The third-order valence-corrected chi connectivity index (χ3v) is 1.64. The third-order valence-electron chi connectivity index (χ3n) is 1.64. The average molecular weight is 250 g/mol. The van der Waals surface area contributed by atoms with Gasteiger partial charge in [-0.05, 0) is 12.1 Å². The molecule has 2 aromatic rings. The molecule has 2 aromatic carbocycles. The van der Waals surface area contributed by atoms with E-state index in [0.29, 0.717) is 5.75 Å². The van der Waals surface area contributed by atoms with Gasteiger partial charge in [-0.15, -0.1) is 0 Å². The lowest BCUT2D eigenvalue weighted by molar-refractivity contribution is -0.0979. The van der Waals surface area contributed by atoms with Crippen molar-refractivity contribution in [3.05, 3.63) is 48.5 Å². The summed E-state index contributed by atoms with van der Waals surface area (Å²) in [7, 11) is 0. The molecular weight excluding hydrogens is 236 g/mol. The number of carbonyl (C=O) groups excluding carboxylic acids is 1.